The molecule has 0 bridgehead atoms. The summed E-state index contributed by atoms with van der Waals surface area (Å²) in [5, 5.41) is 2.84. The molecule has 0 unspecified atom stereocenters. The number of benzene rings is 10. The lowest BCUT2D eigenvalue weighted by atomic mass is 9.96. The van der Waals surface area contributed by atoms with Gasteiger partial charge in [0.2, 0.25) is 0 Å². The highest BCUT2D eigenvalue weighted by molar-refractivity contribution is 6.13. The zero-order chi connectivity index (χ0) is 46.1. The number of halogens is 5. The molecule has 12 aromatic rings. The number of alkyl halides is 3. The maximum Gasteiger partial charge on any atom is 0.420 e. The van der Waals surface area contributed by atoms with Crippen LogP contribution in [0.3, 0.4) is 0 Å². The topological polar surface area (TPSA) is 9.86 Å². The predicted octanol–water partition coefficient (Wildman–Crippen LogP) is 17.5. The van der Waals surface area contributed by atoms with Crippen molar-refractivity contribution in [1.82, 2.24) is 9.13 Å². The van der Waals surface area contributed by atoms with E-state index < -0.39 is 34.6 Å². The fraction of sp³-hybridized carbons (Fsp3) is 0.0164. The van der Waals surface area contributed by atoms with Gasteiger partial charge in [-0.2, -0.15) is 13.2 Å². The number of hydrogen-bond acceptors (Lipinski definition) is 0. The molecular weight excluding hydrogens is 856 g/mol. The zero-order valence-corrected chi connectivity index (χ0v) is 36.1. The first-order valence-corrected chi connectivity index (χ1v) is 22.3. The van der Waals surface area contributed by atoms with Crippen molar-refractivity contribution in [2.24, 2.45) is 0 Å². The Morgan fingerprint density at radius 1 is 0.309 bits per heavy atom. The Morgan fingerprint density at radius 2 is 0.647 bits per heavy atom. The molecular formula is C61H37F5N2. The van der Waals surface area contributed by atoms with Gasteiger partial charge in [-0.3, -0.25) is 0 Å². The molecule has 7 heteroatoms. The normalized spacial score (nSPS) is 11.9. The molecule has 0 saturated heterocycles. The largest absolute Gasteiger partial charge is 0.420 e. The smallest absolute Gasteiger partial charge is 0.309 e. The van der Waals surface area contributed by atoms with Crippen LogP contribution in [0.25, 0.3) is 111 Å². The molecule has 0 aliphatic heterocycles. The molecule has 0 aliphatic rings. The second-order valence-corrected chi connectivity index (χ2v) is 17.0. The van der Waals surface area contributed by atoms with E-state index in [-0.39, 0.29) is 11.3 Å². The van der Waals surface area contributed by atoms with E-state index in [1.165, 1.54) is 18.2 Å². The van der Waals surface area contributed by atoms with Gasteiger partial charge in [0, 0.05) is 27.1 Å². The van der Waals surface area contributed by atoms with Gasteiger partial charge >= 0.3 is 6.18 Å². The summed E-state index contributed by atoms with van der Waals surface area (Å²) in [5.74, 6) is -1.97. The third-order valence-corrected chi connectivity index (χ3v) is 13.1. The highest BCUT2D eigenvalue weighted by Gasteiger charge is 2.41. The van der Waals surface area contributed by atoms with Gasteiger partial charge in [-0.05, 0) is 93.0 Å². The molecule has 2 heterocycles. The van der Waals surface area contributed by atoms with Crippen molar-refractivity contribution in [2.45, 2.75) is 6.18 Å². The van der Waals surface area contributed by atoms with Crippen LogP contribution in [0.5, 0.6) is 0 Å². The molecule has 0 amide bonds. The Bertz CT molecular complexity index is 3680. The van der Waals surface area contributed by atoms with Crippen LogP contribution in [0.4, 0.5) is 22.0 Å². The Labute approximate surface area is 388 Å². The van der Waals surface area contributed by atoms with Crippen LogP contribution >= 0.6 is 0 Å². The molecule has 326 valence electrons. The summed E-state index contributed by atoms with van der Waals surface area (Å²) < 4.78 is 87.6. The monoisotopic (exact) mass is 892 g/mol. The minimum Gasteiger partial charge on any atom is -0.309 e. The molecule has 0 N–H and O–H groups in total. The van der Waals surface area contributed by atoms with Crippen molar-refractivity contribution in [1.29, 1.82) is 0 Å². The molecule has 0 spiro atoms. The van der Waals surface area contributed by atoms with Gasteiger partial charge < -0.3 is 9.13 Å². The van der Waals surface area contributed by atoms with Gasteiger partial charge in [0.1, 0.15) is 17.2 Å². The molecule has 68 heavy (non-hydrogen) atoms. The van der Waals surface area contributed by atoms with Crippen molar-refractivity contribution >= 4 is 43.6 Å². The highest BCUT2D eigenvalue weighted by atomic mass is 19.4. The maximum atomic E-state index is 17.2. The molecule has 10 aromatic carbocycles. The zero-order valence-electron chi connectivity index (χ0n) is 36.1. The minimum atomic E-state index is -5.09. The lowest BCUT2D eigenvalue weighted by Gasteiger charge is -2.25. The fourth-order valence-electron chi connectivity index (χ4n) is 10.0. The molecule has 0 saturated carbocycles. The summed E-state index contributed by atoms with van der Waals surface area (Å²) >= 11 is 0. The molecule has 0 fully saturated rings. The summed E-state index contributed by atoms with van der Waals surface area (Å²) in [6.45, 7) is 0. The van der Waals surface area contributed by atoms with Crippen molar-refractivity contribution < 1.29 is 22.0 Å². The van der Waals surface area contributed by atoms with Crippen molar-refractivity contribution in [3.8, 4) is 67.0 Å². The van der Waals surface area contributed by atoms with E-state index in [9.17, 15) is 0 Å². The van der Waals surface area contributed by atoms with E-state index in [2.05, 4.69) is 0 Å². The Morgan fingerprint density at radius 3 is 0.985 bits per heavy atom. The Balaban J connectivity index is 1.28. The molecule has 0 atom stereocenters. The van der Waals surface area contributed by atoms with E-state index in [1.807, 2.05) is 194 Å². The summed E-state index contributed by atoms with van der Waals surface area (Å²) in [6, 6.07) is 68.0. The second kappa shape index (κ2) is 16.1. The van der Waals surface area contributed by atoms with Crippen LogP contribution < -0.4 is 0 Å². The number of nitrogens with zero attached hydrogens (tertiary/aromatic N) is 2. The van der Waals surface area contributed by atoms with E-state index in [0.29, 0.717) is 32.8 Å². The first-order valence-electron chi connectivity index (χ1n) is 22.3. The van der Waals surface area contributed by atoms with E-state index in [4.69, 9.17) is 0 Å². The van der Waals surface area contributed by atoms with Crippen LogP contribution in [0.2, 0.25) is 0 Å². The van der Waals surface area contributed by atoms with Crippen LogP contribution in [-0.2, 0) is 6.18 Å². The first-order chi connectivity index (χ1) is 33.2. The molecule has 2 aromatic heterocycles. The van der Waals surface area contributed by atoms with E-state index in [1.54, 1.807) is 9.13 Å². The number of hydrogen-bond donors (Lipinski definition) is 0. The van der Waals surface area contributed by atoms with E-state index >= 15 is 22.0 Å². The average Bonchev–Trinajstić information content (AvgIpc) is 3.88. The highest BCUT2D eigenvalue weighted by Crippen LogP contribution is 2.49. The van der Waals surface area contributed by atoms with Crippen molar-refractivity contribution in [3.05, 3.63) is 242 Å². The average molecular weight is 893 g/mol. The first kappa shape index (κ1) is 40.9. The fourth-order valence-corrected chi connectivity index (χ4v) is 10.0. The van der Waals surface area contributed by atoms with Crippen LogP contribution in [-0.4, -0.2) is 9.13 Å². The summed E-state index contributed by atoms with van der Waals surface area (Å²) in [4.78, 5) is 0. The predicted molar refractivity (Wildman–Crippen MR) is 267 cm³/mol. The maximum absolute atomic E-state index is 17.2. The Hall–Kier alpha value is -8.55. The SMILES string of the molecule is Fc1cccc(F)c1-c1ccc(-n2c3cc(-c4ccccc4)ccc3c3ccc(-c4ccccc4)cc32)c(C(F)(F)F)c1-n1c2cc(-c3ccccc3)ccc2c2ccc(-c3ccccc3)cc21. The van der Waals surface area contributed by atoms with Gasteiger partial charge in [0.25, 0.3) is 0 Å². The number of fused-ring (bicyclic) bond motifs is 6. The lowest BCUT2D eigenvalue weighted by Crippen LogP contribution is -2.17. The van der Waals surface area contributed by atoms with Crippen molar-refractivity contribution in [2.75, 3.05) is 0 Å². The molecule has 12 rings (SSSR count). The van der Waals surface area contributed by atoms with Gasteiger partial charge in [-0.25, -0.2) is 8.78 Å². The minimum absolute atomic E-state index is 0.197. The standard InChI is InChI=1S/C61H37F5N2/c62-51-22-13-23-52(63)58(51)50-32-33-53(67-54-34-42(38-14-5-1-6-15-38)24-28-46(54)47-29-25-43(35-55(47)67)39-16-7-2-8-17-39)59(61(64,65)66)60(50)68-56-36-44(40-18-9-3-10-19-40)26-30-48(56)49-31-27-45(37-57(49)68)41-20-11-4-12-21-41/h1-37H. The summed E-state index contributed by atoms with van der Waals surface area (Å²) in [7, 11) is 0. The van der Waals surface area contributed by atoms with E-state index in [0.717, 1.165) is 67.4 Å². The van der Waals surface area contributed by atoms with Crippen LogP contribution in [0.1, 0.15) is 5.56 Å². The molecule has 0 radical (unpaired) electrons. The molecule has 2 nitrogen and oxygen atoms in total. The summed E-state index contributed by atoms with van der Waals surface area (Å²) in [5.41, 5.74) is 6.14. The quantitative estimate of drug-likeness (QED) is 0.141. The van der Waals surface area contributed by atoms with Gasteiger partial charge in [-0.1, -0.05) is 176 Å². The summed E-state index contributed by atoms with van der Waals surface area (Å²) in [6.07, 6.45) is -5.09. The lowest BCUT2D eigenvalue weighted by molar-refractivity contribution is -0.137. The van der Waals surface area contributed by atoms with Crippen molar-refractivity contribution in [3.63, 3.8) is 0 Å². The van der Waals surface area contributed by atoms with Gasteiger partial charge in [0.15, 0.2) is 0 Å². The third kappa shape index (κ3) is 6.77. The van der Waals surface area contributed by atoms with Crippen LogP contribution in [0, 0.1) is 11.6 Å². The Kier molecular flexibility index (Phi) is 9.69. The molecule has 0 aliphatic carbocycles. The number of rotatable bonds is 7. The van der Waals surface area contributed by atoms with Gasteiger partial charge in [-0.15, -0.1) is 0 Å². The van der Waals surface area contributed by atoms with Crippen LogP contribution in [0.15, 0.2) is 224 Å². The van der Waals surface area contributed by atoms with Gasteiger partial charge in [0.05, 0.1) is 39.0 Å². The second-order valence-electron chi connectivity index (χ2n) is 17.0. The number of aromatic nitrogens is 2. The third-order valence-electron chi connectivity index (χ3n) is 13.1.